The fourth-order valence-corrected chi connectivity index (χ4v) is 2.22. The highest BCUT2D eigenvalue weighted by molar-refractivity contribution is 9.10. The number of aromatic nitrogens is 3. The Morgan fingerprint density at radius 3 is 2.54 bits per heavy atom. The van der Waals surface area contributed by atoms with Gasteiger partial charge in [-0.25, -0.2) is 9.97 Å². The number of nitrogens with zero attached hydrogens (tertiary/aromatic N) is 3. The molecule has 3 rings (SSSR count). The molecule has 0 spiro atoms. The van der Waals surface area contributed by atoms with Crippen molar-refractivity contribution >= 4 is 39.3 Å². The van der Waals surface area contributed by atoms with Crippen LogP contribution in [-0.4, -0.2) is 21.0 Å². The van der Waals surface area contributed by atoms with E-state index in [9.17, 15) is 4.79 Å². The zero-order valence-electron chi connectivity index (χ0n) is 13.0. The second kappa shape index (κ2) is 6.79. The number of amides is 1. The first-order chi connectivity index (χ1) is 11.5. The van der Waals surface area contributed by atoms with Gasteiger partial charge >= 0.3 is 0 Å². The van der Waals surface area contributed by atoms with E-state index in [-0.39, 0.29) is 5.91 Å². The minimum absolute atomic E-state index is 0.327. The summed E-state index contributed by atoms with van der Waals surface area (Å²) in [6, 6.07) is 7.46. The van der Waals surface area contributed by atoms with Crippen LogP contribution in [0.15, 0.2) is 45.7 Å². The van der Waals surface area contributed by atoms with Crippen LogP contribution in [0.1, 0.15) is 21.7 Å². The highest BCUT2D eigenvalue weighted by Crippen LogP contribution is 2.21. The van der Waals surface area contributed by atoms with Crippen molar-refractivity contribution in [3.05, 3.63) is 58.0 Å². The highest BCUT2D eigenvalue weighted by Gasteiger charge is 2.10. The Bertz CT molecular complexity index is 876. The molecule has 0 bridgehead atoms. The van der Waals surface area contributed by atoms with Crippen molar-refractivity contribution in [2.45, 2.75) is 13.8 Å². The molecule has 7 nitrogen and oxygen atoms in total. The molecule has 0 fully saturated rings. The van der Waals surface area contributed by atoms with Gasteiger partial charge in [0.15, 0.2) is 5.82 Å². The minimum Gasteiger partial charge on any atom is -0.360 e. The fraction of sp³-hybridized carbons (Fsp3) is 0.125. The summed E-state index contributed by atoms with van der Waals surface area (Å²) in [4.78, 5) is 20.4. The number of hydrogen-bond donors (Lipinski definition) is 2. The molecular weight excluding hydrogens is 374 g/mol. The Morgan fingerprint density at radius 2 is 1.92 bits per heavy atom. The van der Waals surface area contributed by atoms with Crippen LogP contribution in [0.2, 0.25) is 0 Å². The van der Waals surface area contributed by atoms with Crippen LogP contribution in [0.5, 0.6) is 0 Å². The molecule has 122 valence electrons. The number of benzene rings is 1. The molecule has 2 N–H and O–H groups in total. The molecule has 0 aliphatic heterocycles. The van der Waals surface area contributed by atoms with Gasteiger partial charge in [0.1, 0.15) is 5.76 Å². The van der Waals surface area contributed by atoms with Gasteiger partial charge in [0.2, 0.25) is 5.95 Å². The molecule has 0 radical (unpaired) electrons. The second-order valence-corrected chi connectivity index (χ2v) is 6.02. The first-order valence-electron chi connectivity index (χ1n) is 7.11. The van der Waals surface area contributed by atoms with Crippen molar-refractivity contribution < 1.29 is 9.32 Å². The molecule has 3 aromatic rings. The maximum Gasteiger partial charge on any atom is 0.260 e. The van der Waals surface area contributed by atoms with Gasteiger partial charge in [-0.3, -0.25) is 4.79 Å². The molecular formula is C16H14BrN5O2. The average molecular weight is 388 g/mol. The molecule has 0 saturated carbocycles. The Hall–Kier alpha value is -2.74. The van der Waals surface area contributed by atoms with E-state index in [1.54, 1.807) is 13.0 Å². The summed E-state index contributed by atoms with van der Waals surface area (Å²) < 4.78 is 5.93. The van der Waals surface area contributed by atoms with E-state index < -0.39 is 0 Å². The largest absolute Gasteiger partial charge is 0.360 e. The Labute approximate surface area is 146 Å². The van der Waals surface area contributed by atoms with Crippen molar-refractivity contribution in [2.75, 3.05) is 10.6 Å². The summed E-state index contributed by atoms with van der Waals surface area (Å²) in [6.45, 7) is 3.74. The van der Waals surface area contributed by atoms with Gasteiger partial charge in [-0.15, -0.1) is 0 Å². The first kappa shape index (κ1) is 16.1. The van der Waals surface area contributed by atoms with Gasteiger partial charge in [0.25, 0.3) is 5.91 Å². The topological polar surface area (TPSA) is 92.9 Å². The van der Waals surface area contributed by atoms with Crippen LogP contribution in [0, 0.1) is 13.8 Å². The van der Waals surface area contributed by atoms with Gasteiger partial charge in [0, 0.05) is 28.6 Å². The highest BCUT2D eigenvalue weighted by atomic mass is 79.9. The van der Waals surface area contributed by atoms with Crippen LogP contribution < -0.4 is 10.6 Å². The maximum absolute atomic E-state index is 12.1. The zero-order chi connectivity index (χ0) is 17.1. The lowest BCUT2D eigenvalue weighted by molar-refractivity contribution is 0.102. The normalized spacial score (nSPS) is 10.5. The zero-order valence-corrected chi connectivity index (χ0v) is 14.6. The number of rotatable bonds is 4. The summed E-state index contributed by atoms with van der Waals surface area (Å²) in [7, 11) is 0. The first-order valence-corrected chi connectivity index (χ1v) is 7.90. The standard InChI is InChI=1S/C16H14BrN5O2/c1-9-5-12(3-4-13(9)17)20-16-18-7-11(8-19-16)15(23)21-14-6-10(2)24-22-14/h3-8H,1-2H3,(H,18,19,20)(H,21,22,23). The second-order valence-electron chi connectivity index (χ2n) is 5.16. The molecule has 0 aliphatic carbocycles. The Kier molecular flexibility index (Phi) is 4.57. The summed E-state index contributed by atoms with van der Waals surface area (Å²) in [5.41, 5.74) is 2.29. The summed E-state index contributed by atoms with van der Waals surface area (Å²) in [5.74, 6) is 1.02. The van der Waals surface area contributed by atoms with Gasteiger partial charge < -0.3 is 15.2 Å². The Morgan fingerprint density at radius 1 is 1.17 bits per heavy atom. The van der Waals surface area contributed by atoms with Crippen molar-refractivity contribution in [3.63, 3.8) is 0 Å². The molecule has 1 aromatic carbocycles. The lowest BCUT2D eigenvalue weighted by Crippen LogP contribution is -2.13. The molecule has 2 heterocycles. The molecule has 0 atom stereocenters. The Balaban J connectivity index is 1.68. The summed E-state index contributed by atoms with van der Waals surface area (Å²) >= 11 is 3.45. The average Bonchev–Trinajstić information content (AvgIpc) is 2.96. The van der Waals surface area contributed by atoms with E-state index in [1.807, 2.05) is 25.1 Å². The third kappa shape index (κ3) is 3.77. The van der Waals surface area contributed by atoms with E-state index in [0.717, 1.165) is 15.7 Å². The molecule has 1 amide bonds. The van der Waals surface area contributed by atoms with E-state index in [2.05, 4.69) is 41.7 Å². The van der Waals surface area contributed by atoms with Crippen LogP contribution >= 0.6 is 15.9 Å². The third-order valence-electron chi connectivity index (χ3n) is 3.20. The summed E-state index contributed by atoms with van der Waals surface area (Å²) in [6.07, 6.45) is 2.90. The van der Waals surface area contributed by atoms with Gasteiger partial charge in [0.05, 0.1) is 5.56 Å². The van der Waals surface area contributed by atoms with Gasteiger partial charge in [-0.2, -0.15) is 0 Å². The van der Waals surface area contributed by atoms with E-state index >= 15 is 0 Å². The number of carbonyl (C=O) groups excluding carboxylic acids is 1. The smallest absolute Gasteiger partial charge is 0.260 e. The molecule has 8 heteroatoms. The quantitative estimate of drug-likeness (QED) is 0.706. The van der Waals surface area contributed by atoms with Crippen LogP contribution in [0.25, 0.3) is 0 Å². The third-order valence-corrected chi connectivity index (χ3v) is 4.09. The van der Waals surface area contributed by atoms with Crippen molar-refractivity contribution in [1.82, 2.24) is 15.1 Å². The molecule has 0 saturated heterocycles. The number of hydrogen-bond acceptors (Lipinski definition) is 6. The van der Waals surface area contributed by atoms with Gasteiger partial charge in [-0.05, 0) is 37.6 Å². The molecule has 2 aromatic heterocycles. The lowest BCUT2D eigenvalue weighted by Gasteiger charge is -2.07. The SMILES string of the molecule is Cc1cc(NC(=O)c2cnc(Nc3ccc(Br)c(C)c3)nc2)no1. The van der Waals surface area contributed by atoms with E-state index in [0.29, 0.717) is 23.1 Å². The number of carbonyl (C=O) groups is 1. The van der Waals surface area contributed by atoms with Crippen molar-refractivity contribution in [2.24, 2.45) is 0 Å². The fourth-order valence-electron chi connectivity index (χ4n) is 1.98. The van der Waals surface area contributed by atoms with Crippen molar-refractivity contribution in [3.8, 4) is 0 Å². The van der Waals surface area contributed by atoms with E-state index in [4.69, 9.17) is 4.52 Å². The molecule has 24 heavy (non-hydrogen) atoms. The number of halogens is 1. The molecule has 0 unspecified atom stereocenters. The number of aryl methyl sites for hydroxylation is 2. The number of nitrogens with one attached hydrogen (secondary N) is 2. The predicted molar refractivity (Wildman–Crippen MR) is 93.4 cm³/mol. The predicted octanol–water partition coefficient (Wildman–Crippen LogP) is 3.84. The van der Waals surface area contributed by atoms with Gasteiger partial charge in [-0.1, -0.05) is 21.1 Å². The lowest BCUT2D eigenvalue weighted by atomic mass is 10.2. The van der Waals surface area contributed by atoms with Crippen molar-refractivity contribution in [1.29, 1.82) is 0 Å². The molecule has 0 aliphatic rings. The minimum atomic E-state index is -0.352. The van der Waals surface area contributed by atoms with Crippen LogP contribution in [0.4, 0.5) is 17.5 Å². The van der Waals surface area contributed by atoms with E-state index in [1.165, 1.54) is 12.4 Å². The van der Waals surface area contributed by atoms with Crippen LogP contribution in [0.3, 0.4) is 0 Å². The monoisotopic (exact) mass is 387 g/mol. The van der Waals surface area contributed by atoms with Crippen LogP contribution in [-0.2, 0) is 0 Å². The number of anilines is 3. The summed E-state index contributed by atoms with van der Waals surface area (Å²) in [5, 5.41) is 9.41. The maximum atomic E-state index is 12.1.